The van der Waals surface area contributed by atoms with Gasteiger partial charge in [0.15, 0.2) is 0 Å². The van der Waals surface area contributed by atoms with Gasteiger partial charge < -0.3 is 9.72 Å². The molecule has 4 nitrogen and oxygen atoms in total. The van der Waals surface area contributed by atoms with Gasteiger partial charge in [0.25, 0.3) is 0 Å². The number of imidazole rings is 1. The molecule has 1 N–H and O–H groups in total. The van der Waals surface area contributed by atoms with Gasteiger partial charge >= 0.3 is 0 Å². The molecule has 128 valence electrons. The number of aryl methyl sites for hydroxylation is 1. The van der Waals surface area contributed by atoms with E-state index in [1.165, 1.54) is 6.07 Å². The Morgan fingerprint density at radius 3 is 2.88 bits per heavy atom. The number of nitrogens with zero attached hydrogens (tertiary/aromatic N) is 2. The Balaban J connectivity index is 1.52. The zero-order chi connectivity index (χ0) is 17.6. The average molecular weight is 337 g/mol. The van der Waals surface area contributed by atoms with Gasteiger partial charge in [0.05, 0.1) is 11.7 Å². The van der Waals surface area contributed by atoms with E-state index < -0.39 is 0 Å². The van der Waals surface area contributed by atoms with Crippen molar-refractivity contribution in [1.82, 2.24) is 14.7 Å². The summed E-state index contributed by atoms with van der Waals surface area (Å²) in [5, 5.41) is 2.87. The predicted octanol–water partition coefficient (Wildman–Crippen LogP) is 3.63. The predicted molar refractivity (Wildman–Crippen MR) is 96.6 cm³/mol. The first-order valence-corrected chi connectivity index (χ1v) is 8.27. The van der Waals surface area contributed by atoms with E-state index in [2.05, 4.69) is 10.3 Å². The van der Waals surface area contributed by atoms with Gasteiger partial charge in [-0.2, -0.15) is 0 Å². The molecule has 0 aliphatic carbocycles. The first-order chi connectivity index (χ1) is 12.1. The maximum absolute atomic E-state index is 13.6. The summed E-state index contributed by atoms with van der Waals surface area (Å²) in [5.74, 6) is 0.459. The summed E-state index contributed by atoms with van der Waals surface area (Å²) in [7, 11) is 0. The summed E-state index contributed by atoms with van der Waals surface area (Å²) < 4.78 is 15.7. The summed E-state index contributed by atoms with van der Waals surface area (Å²) in [6.07, 6.45) is 6.95. The van der Waals surface area contributed by atoms with Crippen LogP contribution in [0.25, 0.3) is 11.6 Å². The summed E-state index contributed by atoms with van der Waals surface area (Å²) in [5.41, 5.74) is 1.96. The minimum Gasteiger partial charge on any atom is -0.352 e. The lowest BCUT2D eigenvalue weighted by molar-refractivity contribution is -0.117. The van der Waals surface area contributed by atoms with Crippen LogP contribution in [0.2, 0.25) is 0 Å². The second kappa shape index (κ2) is 7.75. The Bertz CT molecular complexity index is 914. The van der Waals surface area contributed by atoms with Crippen LogP contribution in [-0.4, -0.2) is 21.8 Å². The van der Waals surface area contributed by atoms with Crippen molar-refractivity contribution >= 4 is 17.5 Å². The molecule has 0 aliphatic heterocycles. The number of carbonyl (C=O) groups excluding carboxylic acids is 1. The first kappa shape index (κ1) is 16.9. The van der Waals surface area contributed by atoms with Crippen LogP contribution in [0.1, 0.15) is 24.7 Å². The number of nitrogens with one attached hydrogen (secondary N) is 1. The van der Waals surface area contributed by atoms with Gasteiger partial charge in [-0.15, -0.1) is 0 Å². The Morgan fingerprint density at radius 1 is 1.24 bits per heavy atom. The molecular weight excluding hydrogens is 317 g/mol. The molecule has 0 aliphatic rings. The second-order valence-corrected chi connectivity index (χ2v) is 5.88. The van der Waals surface area contributed by atoms with E-state index in [1.54, 1.807) is 31.2 Å². The molecule has 25 heavy (non-hydrogen) atoms. The second-order valence-electron chi connectivity index (χ2n) is 5.88. The largest absolute Gasteiger partial charge is 0.352 e. The zero-order valence-corrected chi connectivity index (χ0v) is 14.1. The van der Waals surface area contributed by atoms with Crippen LogP contribution < -0.4 is 5.32 Å². The molecule has 5 heteroatoms. The van der Waals surface area contributed by atoms with Gasteiger partial charge in [0.2, 0.25) is 5.91 Å². The van der Waals surface area contributed by atoms with Gasteiger partial charge in [-0.05, 0) is 37.6 Å². The van der Waals surface area contributed by atoms with Crippen molar-refractivity contribution in [1.29, 1.82) is 0 Å². The molecule has 0 spiro atoms. The monoisotopic (exact) mass is 337 g/mol. The van der Waals surface area contributed by atoms with Crippen LogP contribution in [0.3, 0.4) is 0 Å². The van der Waals surface area contributed by atoms with E-state index in [0.717, 1.165) is 24.2 Å². The van der Waals surface area contributed by atoms with E-state index in [4.69, 9.17) is 0 Å². The molecule has 0 fully saturated rings. The molecule has 2 heterocycles. The van der Waals surface area contributed by atoms with Gasteiger partial charge in [-0.25, -0.2) is 9.37 Å². The first-order valence-electron chi connectivity index (χ1n) is 8.27. The van der Waals surface area contributed by atoms with E-state index in [9.17, 15) is 9.18 Å². The number of carbonyl (C=O) groups is 1. The maximum Gasteiger partial charge on any atom is 0.246 e. The van der Waals surface area contributed by atoms with E-state index in [0.29, 0.717) is 17.7 Å². The number of pyridine rings is 1. The van der Waals surface area contributed by atoms with Crippen molar-refractivity contribution < 1.29 is 9.18 Å². The van der Waals surface area contributed by atoms with E-state index in [-0.39, 0.29) is 11.7 Å². The van der Waals surface area contributed by atoms with Gasteiger partial charge in [-0.3, -0.25) is 4.79 Å². The summed E-state index contributed by atoms with van der Waals surface area (Å²) in [6.45, 7) is 2.23. The van der Waals surface area contributed by atoms with E-state index >= 15 is 0 Å². The van der Waals surface area contributed by atoms with Gasteiger partial charge in [-0.1, -0.05) is 24.3 Å². The molecule has 2 aromatic heterocycles. The fraction of sp³-hybridized carbons (Fsp3) is 0.200. The van der Waals surface area contributed by atoms with Crippen LogP contribution >= 0.6 is 0 Å². The van der Waals surface area contributed by atoms with Crippen molar-refractivity contribution in [3.63, 3.8) is 0 Å². The number of fused-ring (bicyclic) bond motifs is 1. The normalized spacial score (nSPS) is 11.7. The number of benzene rings is 1. The zero-order valence-electron chi connectivity index (χ0n) is 14.1. The number of halogens is 1. The standard InChI is InChI=1S/C20H20FN3O/c1-15(13-16-7-2-3-9-18(16)21)20(25)22-11-6-10-19-23-14-17-8-4-5-12-24(17)19/h2-5,7-9,12-14H,6,10-11H2,1H3,(H,22,25)/b15-13+. The Kier molecular flexibility index (Phi) is 5.23. The van der Waals surface area contributed by atoms with Crippen LogP contribution in [0.4, 0.5) is 4.39 Å². The third-order valence-corrected chi connectivity index (χ3v) is 4.01. The molecule has 0 atom stereocenters. The van der Waals surface area contributed by atoms with Crippen LogP contribution in [0, 0.1) is 5.82 Å². The quantitative estimate of drug-likeness (QED) is 0.551. The summed E-state index contributed by atoms with van der Waals surface area (Å²) in [6, 6.07) is 12.4. The summed E-state index contributed by atoms with van der Waals surface area (Å²) >= 11 is 0. The van der Waals surface area contributed by atoms with Crippen molar-refractivity contribution in [3.05, 3.63) is 77.6 Å². The third kappa shape index (κ3) is 4.12. The van der Waals surface area contributed by atoms with Crippen molar-refractivity contribution in [2.45, 2.75) is 19.8 Å². The Morgan fingerprint density at radius 2 is 2.04 bits per heavy atom. The van der Waals surface area contributed by atoms with Crippen LogP contribution in [0.5, 0.6) is 0 Å². The highest BCUT2D eigenvalue weighted by Crippen LogP contribution is 2.11. The highest BCUT2D eigenvalue weighted by Gasteiger charge is 2.07. The molecule has 0 saturated carbocycles. The average Bonchev–Trinajstić information content (AvgIpc) is 3.03. The highest BCUT2D eigenvalue weighted by atomic mass is 19.1. The van der Waals surface area contributed by atoms with E-state index in [1.807, 2.05) is 35.0 Å². The minimum atomic E-state index is -0.333. The van der Waals surface area contributed by atoms with Crippen LogP contribution in [0.15, 0.2) is 60.4 Å². The lowest BCUT2D eigenvalue weighted by Crippen LogP contribution is -2.25. The molecule has 1 aromatic carbocycles. The number of hydrogen-bond donors (Lipinski definition) is 1. The third-order valence-electron chi connectivity index (χ3n) is 4.01. The molecule has 0 saturated heterocycles. The molecular formula is C20H20FN3O. The number of aromatic nitrogens is 2. The fourth-order valence-corrected chi connectivity index (χ4v) is 2.66. The van der Waals surface area contributed by atoms with Gasteiger partial charge in [0, 0.05) is 30.3 Å². The van der Waals surface area contributed by atoms with Gasteiger partial charge in [0.1, 0.15) is 11.6 Å². The smallest absolute Gasteiger partial charge is 0.246 e. The fourth-order valence-electron chi connectivity index (χ4n) is 2.66. The maximum atomic E-state index is 13.6. The Hall–Kier alpha value is -2.95. The molecule has 3 aromatic rings. The van der Waals surface area contributed by atoms with Crippen LogP contribution in [-0.2, 0) is 11.2 Å². The topological polar surface area (TPSA) is 46.4 Å². The highest BCUT2D eigenvalue weighted by molar-refractivity contribution is 5.97. The molecule has 0 bridgehead atoms. The lowest BCUT2D eigenvalue weighted by atomic mass is 10.1. The minimum absolute atomic E-state index is 0.184. The number of hydrogen-bond acceptors (Lipinski definition) is 2. The molecule has 1 amide bonds. The summed E-state index contributed by atoms with van der Waals surface area (Å²) in [4.78, 5) is 16.5. The molecule has 3 rings (SSSR count). The van der Waals surface area contributed by atoms with Crippen molar-refractivity contribution in [2.75, 3.05) is 6.54 Å². The Labute approximate surface area is 146 Å². The molecule has 0 unspecified atom stereocenters. The molecule has 0 radical (unpaired) electrons. The van der Waals surface area contributed by atoms with Crippen molar-refractivity contribution in [2.24, 2.45) is 0 Å². The van der Waals surface area contributed by atoms with Crippen molar-refractivity contribution in [3.8, 4) is 0 Å². The number of amides is 1. The lowest BCUT2D eigenvalue weighted by Gasteiger charge is -2.06. The SMILES string of the molecule is C/C(=C\c1ccccc1F)C(=O)NCCCc1ncc2ccccn12. The number of rotatable bonds is 6.